The number of hydrogen-bond acceptors (Lipinski definition) is 7. The number of aromatic nitrogens is 3. The Kier molecular flexibility index (Phi) is 6.98. The van der Waals surface area contributed by atoms with Gasteiger partial charge in [-0.1, -0.05) is 18.2 Å². The maximum atomic E-state index is 13.4. The number of urea groups is 1. The zero-order chi connectivity index (χ0) is 27.7. The number of amides is 4. The summed E-state index contributed by atoms with van der Waals surface area (Å²) in [6.07, 6.45) is 7.63. The van der Waals surface area contributed by atoms with Gasteiger partial charge in [-0.05, 0) is 50.5 Å². The zero-order valence-electron chi connectivity index (χ0n) is 22.6. The van der Waals surface area contributed by atoms with Crippen LogP contribution in [0, 0.1) is 0 Å². The molecule has 0 unspecified atom stereocenters. The van der Waals surface area contributed by atoms with Crippen molar-refractivity contribution in [2.24, 2.45) is 0 Å². The summed E-state index contributed by atoms with van der Waals surface area (Å²) >= 11 is 0. The largest absolute Gasteiger partial charge is 0.497 e. The monoisotopic (exact) mass is 532 g/mol. The van der Waals surface area contributed by atoms with Crippen molar-refractivity contribution in [1.82, 2.24) is 24.4 Å². The Morgan fingerprint density at radius 1 is 1.05 bits per heavy atom. The van der Waals surface area contributed by atoms with Gasteiger partial charge >= 0.3 is 12.1 Å². The molecule has 0 atom stereocenters. The second-order valence-electron chi connectivity index (χ2n) is 10.6. The van der Waals surface area contributed by atoms with E-state index in [0.717, 1.165) is 16.8 Å². The van der Waals surface area contributed by atoms with Crippen LogP contribution in [0.4, 0.5) is 15.3 Å². The average molecular weight is 533 g/mol. The van der Waals surface area contributed by atoms with E-state index in [0.29, 0.717) is 36.5 Å². The summed E-state index contributed by atoms with van der Waals surface area (Å²) < 4.78 is 12.3. The Hall–Kier alpha value is -4.41. The van der Waals surface area contributed by atoms with E-state index < -0.39 is 11.6 Å². The molecule has 2 aromatic heterocycles. The maximum absolute atomic E-state index is 13.4. The molecule has 1 aromatic carbocycles. The van der Waals surface area contributed by atoms with Crippen LogP contribution >= 0.6 is 0 Å². The number of benzene rings is 1. The molecule has 1 saturated heterocycles. The third-order valence-electron chi connectivity index (χ3n) is 6.68. The standard InChI is InChI=1S/C28H32N6O5/c1-28(2,3)39-27(37)31-12-9-20(10-13-31)22-18-34-24(15-29-22)23(16-30-34)32-14-11-25(35)33(26(32)36)17-19-5-7-21(38-4)8-6-19/h5-9,15-16,18H,10-14,17H2,1-4H3. The number of nitrogens with zero attached hydrogens (tertiary/aromatic N) is 6. The Morgan fingerprint density at radius 3 is 2.49 bits per heavy atom. The molecule has 2 aliphatic rings. The molecular formula is C28H32N6O5. The Bertz CT molecular complexity index is 1440. The van der Waals surface area contributed by atoms with Gasteiger partial charge in [-0.3, -0.25) is 19.6 Å². The number of carbonyl (C=O) groups excluding carboxylic acids is 3. The summed E-state index contributed by atoms with van der Waals surface area (Å²) in [4.78, 5) is 47.5. The molecule has 4 amide bonds. The van der Waals surface area contributed by atoms with Gasteiger partial charge in [0.05, 0.1) is 43.6 Å². The lowest BCUT2D eigenvalue weighted by Gasteiger charge is -2.33. The molecule has 1 fully saturated rings. The van der Waals surface area contributed by atoms with Crippen LogP contribution in [-0.4, -0.2) is 74.8 Å². The van der Waals surface area contributed by atoms with Gasteiger partial charge in [-0.25, -0.2) is 14.1 Å². The first-order valence-corrected chi connectivity index (χ1v) is 12.9. The number of hydrogen-bond donors (Lipinski definition) is 0. The van der Waals surface area contributed by atoms with Crippen LogP contribution in [0.25, 0.3) is 11.1 Å². The zero-order valence-corrected chi connectivity index (χ0v) is 22.6. The number of rotatable bonds is 5. The lowest BCUT2D eigenvalue weighted by molar-refractivity contribution is -0.129. The highest BCUT2D eigenvalue weighted by atomic mass is 16.6. The van der Waals surface area contributed by atoms with Crippen LogP contribution in [0.15, 0.2) is 48.9 Å². The molecule has 4 heterocycles. The maximum Gasteiger partial charge on any atom is 0.410 e. The molecule has 11 heteroatoms. The smallest absolute Gasteiger partial charge is 0.410 e. The highest BCUT2D eigenvalue weighted by Crippen LogP contribution is 2.28. The minimum absolute atomic E-state index is 0.175. The summed E-state index contributed by atoms with van der Waals surface area (Å²) in [6.45, 7) is 6.96. The van der Waals surface area contributed by atoms with Crippen molar-refractivity contribution in [3.8, 4) is 5.75 Å². The van der Waals surface area contributed by atoms with Crippen LogP contribution in [0.2, 0.25) is 0 Å². The first kappa shape index (κ1) is 26.2. The van der Waals surface area contributed by atoms with E-state index in [1.54, 1.807) is 46.0 Å². The number of ether oxygens (including phenoxy) is 2. The normalized spacial score (nSPS) is 16.5. The minimum Gasteiger partial charge on any atom is -0.497 e. The highest BCUT2D eigenvalue weighted by molar-refractivity contribution is 6.07. The fourth-order valence-electron chi connectivity index (χ4n) is 4.62. The first-order valence-electron chi connectivity index (χ1n) is 12.9. The lowest BCUT2D eigenvalue weighted by atomic mass is 10.1. The third kappa shape index (κ3) is 5.57. The predicted molar refractivity (Wildman–Crippen MR) is 144 cm³/mol. The topological polar surface area (TPSA) is 110 Å². The Labute approximate surface area is 226 Å². The van der Waals surface area contributed by atoms with E-state index in [1.807, 2.05) is 45.2 Å². The quantitative estimate of drug-likeness (QED) is 0.486. The molecule has 0 N–H and O–H groups in total. The van der Waals surface area contributed by atoms with E-state index in [1.165, 1.54) is 4.90 Å². The summed E-state index contributed by atoms with van der Waals surface area (Å²) in [5.74, 6) is 0.493. The van der Waals surface area contributed by atoms with Crippen molar-refractivity contribution in [1.29, 1.82) is 0 Å². The van der Waals surface area contributed by atoms with E-state index >= 15 is 0 Å². The van der Waals surface area contributed by atoms with Crippen molar-refractivity contribution < 1.29 is 23.9 Å². The fraction of sp³-hybridized carbons (Fsp3) is 0.393. The molecule has 0 bridgehead atoms. The summed E-state index contributed by atoms with van der Waals surface area (Å²) in [5, 5.41) is 4.47. The second-order valence-corrected chi connectivity index (χ2v) is 10.6. The van der Waals surface area contributed by atoms with Crippen molar-refractivity contribution in [2.75, 3.05) is 31.6 Å². The molecular weight excluding hydrogens is 500 g/mol. The van der Waals surface area contributed by atoms with Crippen molar-refractivity contribution >= 4 is 34.8 Å². The Balaban J connectivity index is 1.31. The lowest BCUT2D eigenvalue weighted by Crippen LogP contribution is -2.52. The molecule has 5 rings (SSSR count). The van der Waals surface area contributed by atoms with E-state index in [2.05, 4.69) is 10.1 Å². The molecule has 0 spiro atoms. The third-order valence-corrected chi connectivity index (χ3v) is 6.68. The number of fused-ring (bicyclic) bond motifs is 1. The van der Waals surface area contributed by atoms with Crippen molar-refractivity contribution in [3.63, 3.8) is 0 Å². The van der Waals surface area contributed by atoms with E-state index in [-0.39, 0.29) is 31.5 Å². The van der Waals surface area contributed by atoms with Gasteiger partial charge < -0.3 is 14.4 Å². The number of imide groups is 1. The molecule has 11 nitrogen and oxygen atoms in total. The number of methoxy groups -OCH3 is 1. The van der Waals surface area contributed by atoms with Crippen LogP contribution < -0.4 is 9.64 Å². The minimum atomic E-state index is -0.540. The van der Waals surface area contributed by atoms with Crippen LogP contribution in [0.3, 0.4) is 0 Å². The van der Waals surface area contributed by atoms with Gasteiger partial charge in [0, 0.05) is 26.1 Å². The predicted octanol–water partition coefficient (Wildman–Crippen LogP) is 4.12. The molecule has 0 aliphatic carbocycles. The van der Waals surface area contributed by atoms with Crippen molar-refractivity contribution in [3.05, 3.63) is 60.2 Å². The molecule has 3 aromatic rings. The number of anilines is 1. The second kappa shape index (κ2) is 10.4. The SMILES string of the molecule is COc1ccc(CN2C(=O)CCN(c3cnn4cc(C5=CCN(C(=O)OC(C)(C)C)CC5)ncc34)C2=O)cc1. The van der Waals surface area contributed by atoms with Gasteiger partial charge in [-0.15, -0.1) is 0 Å². The molecule has 0 saturated carbocycles. The van der Waals surface area contributed by atoms with Gasteiger partial charge in [0.25, 0.3) is 0 Å². The average Bonchev–Trinajstić information content (AvgIpc) is 3.33. The molecule has 39 heavy (non-hydrogen) atoms. The van der Waals surface area contributed by atoms with Crippen LogP contribution in [0.1, 0.15) is 44.9 Å². The number of carbonyl (C=O) groups is 3. The van der Waals surface area contributed by atoms with Gasteiger partial charge in [0.15, 0.2) is 0 Å². The molecule has 204 valence electrons. The van der Waals surface area contributed by atoms with E-state index in [9.17, 15) is 14.4 Å². The van der Waals surface area contributed by atoms with Crippen LogP contribution in [-0.2, 0) is 16.1 Å². The van der Waals surface area contributed by atoms with Crippen molar-refractivity contribution in [2.45, 2.75) is 45.8 Å². The first-order chi connectivity index (χ1) is 18.6. The summed E-state index contributed by atoms with van der Waals surface area (Å²) in [7, 11) is 1.59. The van der Waals surface area contributed by atoms with Gasteiger partial charge in [0.1, 0.15) is 16.9 Å². The van der Waals surface area contributed by atoms with Crippen LogP contribution in [0.5, 0.6) is 5.75 Å². The Morgan fingerprint density at radius 2 is 1.82 bits per heavy atom. The molecule has 0 radical (unpaired) electrons. The van der Waals surface area contributed by atoms with Gasteiger partial charge in [-0.2, -0.15) is 5.10 Å². The summed E-state index contributed by atoms with van der Waals surface area (Å²) in [5.41, 5.74) is 3.32. The highest BCUT2D eigenvalue weighted by Gasteiger charge is 2.34. The van der Waals surface area contributed by atoms with E-state index in [4.69, 9.17) is 9.47 Å². The fourth-order valence-corrected chi connectivity index (χ4v) is 4.62. The summed E-state index contributed by atoms with van der Waals surface area (Å²) in [6, 6.07) is 6.89. The molecule has 2 aliphatic heterocycles. The van der Waals surface area contributed by atoms with Gasteiger partial charge in [0.2, 0.25) is 5.91 Å².